The number of hydrogen-bond donors (Lipinski definition) is 0. The predicted molar refractivity (Wildman–Crippen MR) is 58.9 cm³/mol. The molecule has 1 rings (SSSR count). The molecule has 0 bridgehead atoms. The van der Waals surface area contributed by atoms with E-state index in [1.165, 1.54) is 18.2 Å². The Balaban J connectivity index is 2.70. The molecule has 1 aromatic carbocycles. The molecule has 15 heavy (non-hydrogen) atoms. The van der Waals surface area contributed by atoms with E-state index >= 15 is 0 Å². The van der Waals surface area contributed by atoms with Crippen LogP contribution in [0.15, 0.2) is 24.3 Å². The Morgan fingerprint density at radius 3 is 2.67 bits per heavy atom. The smallest absolute Gasteiger partial charge is 0.178 e. The van der Waals surface area contributed by atoms with Crippen molar-refractivity contribution in [1.82, 2.24) is 0 Å². The standard InChI is InChI=1S/C11H13FO2S/c1-2-7-15(14)8-11(13)9-5-3-4-6-10(9)12/h3-6H,2,7-8H2,1H3. The summed E-state index contributed by atoms with van der Waals surface area (Å²) >= 11 is 0. The highest BCUT2D eigenvalue weighted by Gasteiger charge is 2.13. The van der Waals surface area contributed by atoms with Crippen molar-refractivity contribution in [2.24, 2.45) is 0 Å². The summed E-state index contributed by atoms with van der Waals surface area (Å²) in [5.74, 6) is -0.537. The second-order valence-corrected chi connectivity index (χ2v) is 4.77. The molecule has 0 aliphatic carbocycles. The molecule has 0 aliphatic heterocycles. The molecule has 0 aliphatic rings. The molecule has 0 fully saturated rings. The first-order chi connectivity index (χ1) is 7.15. The van der Waals surface area contributed by atoms with Crippen LogP contribution in [0.1, 0.15) is 23.7 Å². The van der Waals surface area contributed by atoms with E-state index in [4.69, 9.17) is 0 Å². The fourth-order valence-corrected chi connectivity index (χ4v) is 2.26. The maximum Gasteiger partial charge on any atom is 0.178 e. The minimum absolute atomic E-state index is 0.0296. The van der Waals surface area contributed by atoms with Gasteiger partial charge in [0.2, 0.25) is 0 Å². The Bertz CT molecular complexity index is 377. The lowest BCUT2D eigenvalue weighted by Crippen LogP contribution is -2.14. The maximum absolute atomic E-state index is 13.2. The fourth-order valence-electron chi connectivity index (χ4n) is 1.21. The van der Waals surface area contributed by atoms with E-state index in [9.17, 15) is 13.4 Å². The molecule has 0 saturated heterocycles. The molecule has 0 N–H and O–H groups in total. The van der Waals surface area contributed by atoms with E-state index in [-0.39, 0.29) is 17.1 Å². The molecule has 0 saturated carbocycles. The van der Waals surface area contributed by atoms with Gasteiger partial charge in [-0.25, -0.2) is 4.39 Å². The number of rotatable bonds is 5. The van der Waals surface area contributed by atoms with E-state index in [0.717, 1.165) is 6.42 Å². The van der Waals surface area contributed by atoms with Gasteiger partial charge in [-0.2, -0.15) is 0 Å². The number of Topliss-reactive ketones (excluding diaryl/α,β-unsaturated/α-hetero) is 1. The number of halogens is 1. The topological polar surface area (TPSA) is 34.1 Å². The van der Waals surface area contributed by atoms with Crippen LogP contribution in [-0.4, -0.2) is 21.5 Å². The quantitative estimate of drug-likeness (QED) is 0.724. The second-order valence-electron chi connectivity index (χ2n) is 3.19. The van der Waals surface area contributed by atoms with Crippen LogP contribution in [0.2, 0.25) is 0 Å². The van der Waals surface area contributed by atoms with Gasteiger partial charge in [0.05, 0.1) is 11.3 Å². The third kappa shape index (κ3) is 3.55. The van der Waals surface area contributed by atoms with Crippen LogP contribution in [0.5, 0.6) is 0 Å². The maximum atomic E-state index is 13.2. The number of carbonyl (C=O) groups excluding carboxylic acids is 1. The first-order valence-corrected chi connectivity index (χ1v) is 6.26. The number of hydrogen-bond acceptors (Lipinski definition) is 2. The van der Waals surface area contributed by atoms with E-state index in [2.05, 4.69) is 0 Å². The molecule has 1 aromatic rings. The highest BCUT2D eigenvalue weighted by molar-refractivity contribution is 7.85. The molecule has 2 nitrogen and oxygen atoms in total. The third-order valence-electron chi connectivity index (χ3n) is 1.90. The first-order valence-electron chi connectivity index (χ1n) is 4.78. The number of carbonyl (C=O) groups is 1. The summed E-state index contributed by atoms with van der Waals surface area (Å²) in [5, 5.41) is 0. The Kier molecular flexibility index (Phi) is 4.62. The lowest BCUT2D eigenvalue weighted by atomic mass is 10.1. The van der Waals surface area contributed by atoms with Crippen LogP contribution in [0.4, 0.5) is 4.39 Å². The van der Waals surface area contributed by atoms with Crippen molar-refractivity contribution in [3.8, 4) is 0 Å². The summed E-state index contributed by atoms with van der Waals surface area (Å²) in [5.41, 5.74) is 0.0296. The van der Waals surface area contributed by atoms with E-state index in [1.54, 1.807) is 6.07 Å². The van der Waals surface area contributed by atoms with Gasteiger partial charge in [-0.05, 0) is 18.6 Å². The molecule has 0 aromatic heterocycles. The Hall–Kier alpha value is -1.03. The zero-order valence-corrected chi connectivity index (χ0v) is 9.35. The first kappa shape index (κ1) is 12.0. The Morgan fingerprint density at radius 1 is 1.40 bits per heavy atom. The molecular formula is C11H13FO2S. The molecule has 0 heterocycles. The van der Waals surface area contributed by atoms with Crippen molar-refractivity contribution in [1.29, 1.82) is 0 Å². The van der Waals surface area contributed by atoms with Crippen molar-refractivity contribution in [3.05, 3.63) is 35.6 Å². The summed E-state index contributed by atoms with van der Waals surface area (Å²) < 4.78 is 24.5. The monoisotopic (exact) mass is 228 g/mol. The molecular weight excluding hydrogens is 215 g/mol. The van der Waals surface area contributed by atoms with Crippen LogP contribution in [0.3, 0.4) is 0 Å². The number of benzene rings is 1. The van der Waals surface area contributed by atoms with Crippen molar-refractivity contribution in [2.45, 2.75) is 13.3 Å². The average Bonchev–Trinajstić information content (AvgIpc) is 2.18. The minimum atomic E-state index is -1.18. The SMILES string of the molecule is CCCS(=O)CC(=O)c1ccccc1F. The normalized spacial score (nSPS) is 12.4. The van der Waals surface area contributed by atoms with Crippen molar-refractivity contribution in [2.75, 3.05) is 11.5 Å². The van der Waals surface area contributed by atoms with Crippen molar-refractivity contribution >= 4 is 16.6 Å². The summed E-state index contributed by atoms with van der Waals surface area (Å²) in [4.78, 5) is 11.5. The van der Waals surface area contributed by atoms with Gasteiger partial charge < -0.3 is 0 Å². The van der Waals surface area contributed by atoms with Gasteiger partial charge in [0.15, 0.2) is 5.78 Å². The molecule has 1 atom stereocenters. The van der Waals surface area contributed by atoms with Crippen molar-refractivity contribution < 1.29 is 13.4 Å². The Labute approximate surface area is 91.0 Å². The highest BCUT2D eigenvalue weighted by Crippen LogP contribution is 2.08. The van der Waals surface area contributed by atoms with Gasteiger partial charge in [-0.15, -0.1) is 0 Å². The molecule has 0 spiro atoms. The summed E-state index contributed by atoms with van der Waals surface area (Å²) in [6, 6.07) is 5.77. The van der Waals surface area contributed by atoms with Gasteiger partial charge in [0.1, 0.15) is 5.82 Å². The van der Waals surface area contributed by atoms with E-state index in [0.29, 0.717) is 5.75 Å². The van der Waals surface area contributed by atoms with Crippen LogP contribution in [-0.2, 0) is 10.8 Å². The molecule has 4 heteroatoms. The molecule has 82 valence electrons. The highest BCUT2D eigenvalue weighted by atomic mass is 32.2. The van der Waals surface area contributed by atoms with E-state index in [1.807, 2.05) is 6.92 Å². The van der Waals surface area contributed by atoms with Crippen LogP contribution in [0.25, 0.3) is 0 Å². The van der Waals surface area contributed by atoms with Crippen LogP contribution >= 0.6 is 0 Å². The fraction of sp³-hybridized carbons (Fsp3) is 0.364. The minimum Gasteiger partial charge on any atom is -0.293 e. The van der Waals surface area contributed by atoms with Crippen LogP contribution < -0.4 is 0 Å². The van der Waals surface area contributed by atoms with E-state index < -0.39 is 16.6 Å². The van der Waals surface area contributed by atoms with Gasteiger partial charge in [-0.1, -0.05) is 19.1 Å². The zero-order chi connectivity index (χ0) is 11.3. The second kappa shape index (κ2) is 5.75. The molecule has 0 radical (unpaired) electrons. The third-order valence-corrected chi connectivity index (χ3v) is 3.35. The summed E-state index contributed by atoms with van der Waals surface area (Å²) in [6.45, 7) is 1.89. The lowest BCUT2D eigenvalue weighted by Gasteiger charge is -2.01. The van der Waals surface area contributed by atoms with Gasteiger partial charge in [0, 0.05) is 16.6 Å². The molecule has 0 amide bonds. The Morgan fingerprint density at radius 2 is 2.07 bits per heavy atom. The van der Waals surface area contributed by atoms with Crippen molar-refractivity contribution in [3.63, 3.8) is 0 Å². The summed E-state index contributed by atoms with van der Waals surface area (Å²) in [7, 11) is -1.18. The zero-order valence-electron chi connectivity index (χ0n) is 8.53. The van der Waals surface area contributed by atoms with Crippen LogP contribution in [0, 0.1) is 5.82 Å². The van der Waals surface area contributed by atoms with Gasteiger partial charge in [-0.3, -0.25) is 9.00 Å². The van der Waals surface area contributed by atoms with Gasteiger partial charge >= 0.3 is 0 Å². The summed E-state index contributed by atoms with van der Waals surface area (Å²) in [6.07, 6.45) is 0.761. The number of ketones is 1. The largest absolute Gasteiger partial charge is 0.293 e. The average molecular weight is 228 g/mol. The predicted octanol–water partition coefficient (Wildman–Crippen LogP) is 2.17. The lowest BCUT2D eigenvalue weighted by molar-refractivity contribution is 0.101. The molecule has 1 unspecified atom stereocenters. The van der Waals surface area contributed by atoms with Gasteiger partial charge in [0.25, 0.3) is 0 Å².